The summed E-state index contributed by atoms with van der Waals surface area (Å²) in [7, 11) is -2.83. The molecule has 1 aliphatic heterocycles. The lowest BCUT2D eigenvalue weighted by Gasteiger charge is -2.34. The maximum Gasteiger partial charge on any atom is 0.154 e. The summed E-state index contributed by atoms with van der Waals surface area (Å²) in [5.74, 6) is 0.843. The maximum atomic E-state index is 11.6. The van der Waals surface area contributed by atoms with Crippen molar-refractivity contribution in [3.63, 3.8) is 0 Å². The summed E-state index contributed by atoms with van der Waals surface area (Å²) < 4.78 is 23.1. The highest BCUT2D eigenvalue weighted by molar-refractivity contribution is 7.92. The number of hydrogen-bond acceptors (Lipinski definition) is 3. The van der Waals surface area contributed by atoms with E-state index < -0.39 is 9.84 Å². The van der Waals surface area contributed by atoms with Crippen molar-refractivity contribution in [2.45, 2.75) is 43.4 Å². The molecular formula is C9H17NO2S. The molecule has 2 fully saturated rings. The van der Waals surface area contributed by atoms with E-state index in [4.69, 9.17) is 5.73 Å². The lowest BCUT2D eigenvalue weighted by molar-refractivity contribution is 0.254. The number of nitrogens with two attached hydrogens (primary N) is 1. The molecular weight excluding hydrogens is 186 g/mol. The van der Waals surface area contributed by atoms with Crippen LogP contribution in [0.3, 0.4) is 0 Å². The molecule has 1 heterocycles. The van der Waals surface area contributed by atoms with Gasteiger partial charge in [-0.15, -0.1) is 0 Å². The van der Waals surface area contributed by atoms with Gasteiger partial charge in [0.1, 0.15) is 0 Å². The van der Waals surface area contributed by atoms with Gasteiger partial charge in [0, 0.05) is 6.04 Å². The van der Waals surface area contributed by atoms with E-state index in [9.17, 15) is 8.42 Å². The van der Waals surface area contributed by atoms with Gasteiger partial charge in [-0.05, 0) is 31.6 Å². The molecule has 0 aromatic heterocycles. The van der Waals surface area contributed by atoms with Crippen molar-refractivity contribution in [1.29, 1.82) is 0 Å². The second kappa shape index (κ2) is 3.24. The topological polar surface area (TPSA) is 60.2 Å². The van der Waals surface area contributed by atoms with Crippen molar-refractivity contribution < 1.29 is 8.42 Å². The molecule has 2 rings (SSSR count). The largest absolute Gasteiger partial charge is 0.326 e. The molecule has 0 amide bonds. The minimum atomic E-state index is -2.83. The number of sulfone groups is 1. The average Bonchev–Trinajstić information content (AvgIpc) is 2.25. The van der Waals surface area contributed by atoms with Crippen molar-refractivity contribution in [3.8, 4) is 0 Å². The predicted molar refractivity (Wildman–Crippen MR) is 52.1 cm³/mol. The van der Waals surface area contributed by atoms with Gasteiger partial charge in [0.2, 0.25) is 0 Å². The second-order valence-corrected chi connectivity index (χ2v) is 6.66. The van der Waals surface area contributed by atoms with Crippen LogP contribution in [0.1, 0.15) is 32.1 Å². The zero-order chi connectivity index (χ0) is 9.47. The lowest BCUT2D eigenvalue weighted by atomic mass is 9.78. The minimum Gasteiger partial charge on any atom is -0.326 e. The maximum absolute atomic E-state index is 11.6. The summed E-state index contributed by atoms with van der Waals surface area (Å²) in [6.07, 6.45) is 5.10. The Morgan fingerprint density at radius 1 is 1.15 bits per heavy atom. The Morgan fingerprint density at radius 3 is 2.23 bits per heavy atom. The van der Waals surface area contributed by atoms with E-state index in [0.717, 1.165) is 25.7 Å². The molecule has 1 saturated carbocycles. The van der Waals surface area contributed by atoms with E-state index in [-0.39, 0.29) is 11.3 Å². The van der Waals surface area contributed by atoms with Crippen LogP contribution in [-0.4, -0.2) is 25.5 Å². The van der Waals surface area contributed by atoms with Gasteiger partial charge < -0.3 is 5.73 Å². The van der Waals surface area contributed by atoms with Crippen molar-refractivity contribution >= 4 is 9.84 Å². The van der Waals surface area contributed by atoms with Gasteiger partial charge in [-0.1, -0.05) is 6.42 Å². The van der Waals surface area contributed by atoms with Crippen LogP contribution in [0.15, 0.2) is 0 Å². The van der Waals surface area contributed by atoms with E-state index >= 15 is 0 Å². The van der Waals surface area contributed by atoms with Crippen LogP contribution in [-0.2, 0) is 9.84 Å². The first-order valence-corrected chi connectivity index (χ1v) is 6.80. The van der Waals surface area contributed by atoms with Gasteiger partial charge >= 0.3 is 0 Å². The third kappa shape index (κ3) is 1.62. The molecule has 76 valence electrons. The minimum absolute atomic E-state index is 0.0822. The first-order valence-electron chi connectivity index (χ1n) is 5.08. The van der Waals surface area contributed by atoms with Gasteiger partial charge in [-0.2, -0.15) is 0 Å². The Bertz CT molecular complexity index is 282. The monoisotopic (exact) mass is 203 g/mol. The van der Waals surface area contributed by atoms with Crippen LogP contribution < -0.4 is 5.73 Å². The van der Waals surface area contributed by atoms with Crippen LogP contribution in [0.4, 0.5) is 0 Å². The van der Waals surface area contributed by atoms with Crippen LogP contribution >= 0.6 is 0 Å². The Morgan fingerprint density at radius 2 is 1.85 bits per heavy atom. The Balaban J connectivity index is 2.07. The van der Waals surface area contributed by atoms with Crippen molar-refractivity contribution in [2.75, 3.05) is 5.75 Å². The Labute approximate surface area is 79.6 Å². The van der Waals surface area contributed by atoms with Gasteiger partial charge in [0.05, 0.1) is 11.0 Å². The van der Waals surface area contributed by atoms with Crippen LogP contribution in [0.5, 0.6) is 0 Å². The number of rotatable bonds is 2. The summed E-state index contributed by atoms with van der Waals surface area (Å²) in [6.45, 7) is 0. The van der Waals surface area contributed by atoms with Gasteiger partial charge in [0.15, 0.2) is 9.84 Å². The molecule has 2 aliphatic rings. The van der Waals surface area contributed by atoms with Gasteiger partial charge in [-0.25, -0.2) is 8.42 Å². The quantitative estimate of drug-likeness (QED) is 0.718. The highest BCUT2D eigenvalue weighted by atomic mass is 32.2. The summed E-state index contributed by atoms with van der Waals surface area (Å²) >= 11 is 0. The summed E-state index contributed by atoms with van der Waals surface area (Å²) in [5, 5.41) is -0.224. The fraction of sp³-hybridized carbons (Fsp3) is 1.00. The SMILES string of the molecule is NC(C1CCC1)C1CCCS1(=O)=O. The lowest BCUT2D eigenvalue weighted by Crippen LogP contribution is -2.46. The summed E-state index contributed by atoms with van der Waals surface area (Å²) in [5.41, 5.74) is 5.98. The third-order valence-corrected chi connectivity index (χ3v) is 5.83. The van der Waals surface area contributed by atoms with E-state index in [0.29, 0.717) is 11.7 Å². The molecule has 4 heteroatoms. The Hall–Kier alpha value is -0.0900. The zero-order valence-corrected chi connectivity index (χ0v) is 8.59. The standard InChI is InChI=1S/C9H17NO2S/c10-9(7-3-1-4-7)8-5-2-6-13(8,11)12/h7-9H,1-6,10H2. The van der Waals surface area contributed by atoms with Crippen LogP contribution in [0.25, 0.3) is 0 Å². The molecule has 2 N–H and O–H groups in total. The number of hydrogen-bond donors (Lipinski definition) is 1. The normalized spacial score (nSPS) is 35.6. The van der Waals surface area contributed by atoms with E-state index in [2.05, 4.69) is 0 Å². The Kier molecular flexibility index (Phi) is 2.36. The molecule has 1 aliphatic carbocycles. The fourth-order valence-electron chi connectivity index (χ4n) is 2.38. The molecule has 0 aromatic carbocycles. The molecule has 0 spiro atoms. The second-order valence-electron chi connectivity index (χ2n) is 4.32. The molecule has 0 radical (unpaired) electrons. The van der Waals surface area contributed by atoms with Crippen LogP contribution in [0, 0.1) is 5.92 Å². The van der Waals surface area contributed by atoms with Crippen LogP contribution in [0.2, 0.25) is 0 Å². The first-order chi connectivity index (χ1) is 6.11. The van der Waals surface area contributed by atoms with E-state index in [1.54, 1.807) is 0 Å². The van der Waals surface area contributed by atoms with E-state index in [1.807, 2.05) is 0 Å². The smallest absolute Gasteiger partial charge is 0.154 e. The molecule has 2 atom stereocenters. The summed E-state index contributed by atoms with van der Waals surface area (Å²) in [4.78, 5) is 0. The van der Waals surface area contributed by atoms with Gasteiger partial charge in [-0.3, -0.25) is 0 Å². The molecule has 1 saturated heterocycles. The molecule has 0 aromatic rings. The molecule has 2 unspecified atom stereocenters. The molecule has 13 heavy (non-hydrogen) atoms. The van der Waals surface area contributed by atoms with Crippen molar-refractivity contribution in [2.24, 2.45) is 11.7 Å². The highest BCUT2D eigenvalue weighted by Crippen LogP contribution is 2.34. The third-order valence-electron chi connectivity index (χ3n) is 3.50. The zero-order valence-electron chi connectivity index (χ0n) is 7.78. The predicted octanol–water partition coefficient (Wildman–Crippen LogP) is 0.691. The van der Waals surface area contributed by atoms with E-state index in [1.165, 1.54) is 6.42 Å². The summed E-state index contributed by atoms with van der Waals surface area (Å²) in [6, 6.07) is -0.0822. The first kappa shape index (κ1) is 9.46. The molecule has 3 nitrogen and oxygen atoms in total. The van der Waals surface area contributed by atoms with Crippen molar-refractivity contribution in [3.05, 3.63) is 0 Å². The average molecular weight is 203 g/mol. The molecule has 0 bridgehead atoms. The van der Waals surface area contributed by atoms with Gasteiger partial charge in [0.25, 0.3) is 0 Å². The highest BCUT2D eigenvalue weighted by Gasteiger charge is 2.40. The fourth-order valence-corrected chi connectivity index (χ4v) is 4.48. The van der Waals surface area contributed by atoms with Crippen molar-refractivity contribution in [1.82, 2.24) is 0 Å².